The Balaban J connectivity index is 0. The van der Waals surface area contributed by atoms with Gasteiger partial charge in [0, 0.05) is 0 Å². The van der Waals surface area contributed by atoms with E-state index >= 15 is 0 Å². The van der Waals surface area contributed by atoms with Crippen LogP contribution >= 0.6 is 0 Å². The summed E-state index contributed by atoms with van der Waals surface area (Å²) in [5.74, 6) is 0. The van der Waals surface area contributed by atoms with E-state index in [4.69, 9.17) is 5.11 Å². The lowest BCUT2D eigenvalue weighted by molar-refractivity contribution is 0.472. The molecule has 0 saturated heterocycles. The Morgan fingerprint density at radius 2 is 1.09 bits per heavy atom. The first-order chi connectivity index (χ1) is 4.91. The Bertz CT molecular complexity index is 125. The summed E-state index contributed by atoms with van der Waals surface area (Å²) >= 11 is 0. The molecule has 0 atom stereocenters. The van der Waals surface area contributed by atoms with Crippen molar-refractivity contribution >= 4 is 0 Å². The van der Waals surface area contributed by atoms with Gasteiger partial charge < -0.3 is 5.11 Å². The Morgan fingerprint density at radius 3 is 1.18 bits per heavy atom. The van der Waals surface area contributed by atoms with Gasteiger partial charge >= 0.3 is 0 Å². The van der Waals surface area contributed by atoms with Crippen LogP contribution in [-0.4, -0.2) is 5.11 Å². The predicted molar refractivity (Wildman–Crippen MR) is 50.6 cm³/mol. The second kappa shape index (κ2) is 11.5. The average Bonchev–Trinajstić information content (AvgIpc) is 2.08. The van der Waals surface area contributed by atoms with E-state index in [-0.39, 0.29) is 7.43 Å². The molecule has 0 aliphatic heterocycles. The molecular formula is C10H16O. The van der Waals surface area contributed by atoms with E-state index in [2.05, 4.69) is 0 Å². The normalized spacial score (nSPS) is 7.73. The van der Waals surface area contributed by atoms with Gasteiger partial charge in [-0.25, -0.2) is 0 Å². The maximum atomic E-state index is 7.69. The predicted octanol–water partition coefficient (Wildman–Crippen LogP) is 3.40. The fourth-order valence-corrected chi connectivity index (χ4v) is 0.385. The molecule has 11 heavy (non-hydrogen) atoms. The van der Waals surface area contributed by atoms with Gasteiger partial charge in [0.15, 0.2) is 0 Å². The molecule has 1 rings (SSSR count). The van der Waals surface area contributed by atoms with E-state index in [1.165, 1.54) is 0 Å². The van der Waals surface area contributed by atoms with Gasteiger partial charge in [0.1, 0.15) is 0 Å². The lowest BCUT2D eigenvalue weighted by Gasteiger charge is -1.69. The summed E-state index contributed by atoms with van der Waals surface area (Å²) in [4.78, 5) is 0. The molecule has 1 aromatic rings. The second-order valence-electron chi connectivity index (χ2n) is 1.64. The number of allylic oxidation sites excluding steroid dienone is 1. The van der Waals surface area contributed by atoms with Crippen LogP contribution in [0.3, 0.4) is 0 Å². The third-order valence-corrected chi connectivity index (χ3v) is 0.816. The largest absolute Gasteiger partial charge is 0.516 e. The zero-order valence-electron chi connectivity index (χ0n) is 6.07. The number of benzene rings is 1. The first-order valence-electron chi connectivity index (χ1n) is 3.17. The van der Waals surface area contributed by atoms with Crippen molar-refractivity contribution in [2.45, 2.75) is 14.4 Å². The molecule has 0 fully saturated rings. The van der Waals surface area contributed by atoms with E-state index in [1.807, 2.05) is 36.4 Å². The van der Waals surface area contributed by atoms with Crippen molar-refractivity contribution in [2.24, 2.45) is 0 Å². The molecule has 1 N–H and O–H groups in total. The second-order valence-corrected chi connectivity index (χ2v) is 1.64. The summed E-state index contributed by atoms with van der Waals surface area (Å²) in [6, 6.07) is 12.0. The first kappa shape index (κ1) is 12.4. The monoisotopic (exact) mass is 152 g/mol. The lowest BCUT2D eigenvalue weighted by Crippen LogP contribution is -1.47. The van der Waals surface area contributed by atoms with Gasteiger partial charge in [-0.05, 0) is 6.92 Å². The first-order valence-corrected chi connectivity index (χ1v) is 3.17. The van der Waals surface area contributed by atoms with E-state index in [9.17, 15) is 0 Å². The van der Waals surface area contributed by atoms with Crippen molar-refractivity contribution in [1.82, 2.24) is 0 Å². The molecule has 0 radical (unpaired) electrons. The van der Waals surface area contributed by atoms with Crippen LogP contribution in [0.4, 0.5) is 0 Å². The smallest absolute Gasteiger partial charge is 0.0748 e. The summed E-state index contributed by atoms with van der Waals surface area (Å²) in [6.45, 7) is 1.75. The molecule has 0 amide bonds. The molecular weight excluding hydrogens is 136 g/mol. The van der Waals surface area contributed by atoms with Gasteiger partial charge in [-0.3, -0.25) is 0 Å². The fourth-order valence-electron chi connectivity index (χ4n) is 0.385. The van der Waals surface area contributed by atoms with Crippen LogP contribution in [0.5, 0.6) is 0 Å². The minimum Gasteiger partial charge on any atom is -0.516 e. The lowest BCUT2D eigenvalue weighted by atomic mass is 10.4. The molecule has 0 unspecified atom stereocenters. The van der Waals surface area contributed by atoms with Crippen molar-refractivity contribution in [3.05, 3.63) is 48.7 Å². The number of hydrogen-bond acceptors (Lipinski definition) is 1. The highest BCUT2D eigenvalue weighted by molar-refractivity contribution is 4.99. The molecule has 0 heterocycles. The topological polar surface area (TPSA) is 20.2 Å². The highest BCUT2D eigenvalue weighted by Gasteiger charge is 1.57. The Labute approximate surface area is 69.0 Å². The number of aliphatic hydroxyl groups is 1. The minimum absolute atomic E-state index is 0. The fraction of sp³-hybridized carbons (Fsp3) is 0.200. The molecule has 62 valence electrons. The van der Waals surface area contributed by atoms with E-state index in [1.54, 1.807) is 13.0 Å². The quantitative estimate of drug-likeness (QED) is 0.565. The molecule has 0 aromatic heterocycles. The van der Waals surface area contributed by atoms with Crippen LogP contribution < -0.4 is 0 Å². The molecule has 1 nitrogen and oxygen atoms in total. The SMILES string of the molecule is C.CC=CO.c1ccccc1. The summed E-state index contributed by atoms with van der Waals surface area (Å²) in [5.41, 5.74) is 0. The third-order valence-electron chi connectivity index (χ3n) is 0.816. The van der Waals surface area contributed by atoms with Crippen molar-refractivity contribution in [1.29, 1.82) is 0 Å². The number of aliphatic hydroxyl groups excluding tert-OH is 1. The maximum absolute atomic E-state index is 7.69. The standard InChI is InChI=1S/C6H6.C3H6O.CH4/c1-2-4-6-5-3-1;1-2-3-4;/h1-6H;2-4H,1H3;1H4. The number of hydrogen-bond donors (Lipinski definition) is 1. The summed E-state index contributed by atoms with van der Waals surface area (Å²) in [5, 5.41) is 7.69. The van der Waals surface area contributed by atoms with Crippen molar-refractivity contribution in [3.63, 3.8) is 0 Å². The highest BCUT2D eigenvalue weighted by Crippen LogP contribution is 1.79. The van der Waals surface area contributed by atoms with Crippen LogP contribution in [0.1, 0.15) is 14.4 Å². The molecule has 0 aliphatic rings. The van der Waals surface area contributed by atoms with Crippen molar-refractivity contribution in [3.8, 4) is 0 Å². The molecule has 0 aliphatic carbocycles. The van der Waals surface area contributed by atoms with Crippen LogP contribution in [0.2, 0.25) is 0 Å². The zero-order valence-corrected chi connectivity index (χ0v) is 6.07. The van der Waals surface area contributed by atoms with E-state index in [0.29, 0.717) is 0 Å². The molecule has 1 heteroatoms. The van der Waals surface area contributed by atoms with Gasteiger partial charge in [0.25, 0.3) is 0 Å². The van der Waals surface area contributed by atoms with Crippen molar-refractivity contribution in [2.75, 3.05) is 0 Å². The van der Waals surface area contributed by atoms with Crippen LogP contribution in [0.15, 0.2) is 48.7 Å². The average molecular weight is 152 g/mol. The van der Waals surface area contributed by atoms with Gasteiger partial charge in [0.2, 0.25) is 0 Å². The minimum atomic E-state index is 0. The van der Waals surface area contributed by atoms with E-state index < -0.39 is 0 Å². The van der Waals surface area contributed by atoms with Gasteiger partial charge in [-0.2, -0.15) is 0 Å². The summed E-state index contributed by atoms with van der Waals surface area (Å²) in [6.07, 6.45) is 2.56. The number of rotatable bonds is 0. The zero-order chi connectivity index (χ0) is 7.66. The van der Waals surface area contributed by atoms with Crippen LogP contribution in [-0.2, 0) is 0 Å². The van der Waals surface area contributed by atoms with E-state index in [0.717, 1.165) is 6.26 Å². The van der Waals surface area contributed by atoms with Crippen molar-refractivity contribution < 1.29 is 5.11 Å². The third kappa shape index (κ3) is 12.1. The van der Waals surface area contributed by atoms with Gasteiger partial charge in [-0.1, -0.05) is 49.9 Å². The Kier molecular flexibility index (Phi) is 13.1. The summed E-state index contributed by atoms with van der Waals surface area (Å²) < 4.78 is 0. The molecule has 0 saturated carbocycles. The molecule has 1 aromatic carbocycles. The molecule has 0 spiro atoms. The van der Waals surface area contributed by atoms with Crippen LogP contribution in [0.25, 0.3) is 0 Å². The highest BCUT2D eigenvalue weighted by atomic mass is 16.2. The Hall–Kier alpha value is -1.24. The Morgan fingerprint density at radius 1 is 0.909 bits per heavy atom. The van der Waals surface area contributed by atoms with Crippen LogP contribution in [0, 0.1) is 0 Å². The van der Waals surface area contributed by atoms with Gasteiger partial charge in [-0.15, -0.1) is 0 Å². The summed E-state index contributed by atoms with van der Waals surface area (Å²) in [7, 11) is 0. The van der Waals surface area contributed by atoms with Gasteiger partial charge in [0.05, 0.1) is 6.26 Å². The molecule has 0 bridgehead atoms. The maximum Gasteiger partial charge on any atom is 0.0748 e.